The third-order valence-corrected chi connectivity index (χ3v) is 4.40. The number of ether oxygens (including phenoxy) is 2. The summed E-state index contributed by atoms with van der Waals surface area (Å²) in [6.07, 6.45) is 1.50. The van der Waals surface area contributed by atoms with Gasteiger partial charge in [0.25, 0.3) is 0 Å². The summed E-state index contributed by atoms with van der Waals surface area (Å²) in [5.41, 5.74) is 1.02. The van der Waals surface area contributed by atoms with Crippen LogP contribution in [-0.2, 0) is 9.47 Å². The predicted molar refractivity (Wildman–Crippen MR) is 82.5 cm³/mol. The summed E-state index contributed by atoms with van der Waals surface area (Å²) < 4.78 is 11.6. The molecule has 0 bridgehead atoms. The smallest absolute Gasteiger partial charge is 0.214 e. The first kappa shape index (κ1) is 16.0. The maximum Gasteiger partial charge on any atom is 0.214 e. The number of nitro groups is 1. The van der Waals surface area contributed by atoms with Crippen molar-refractivity contribution in [2.75, 3.05) is 13.2 Å². The lowest BCUT2D eigenvalue weighted by atomic mass is 9.83. The average molecular weight is 311 g/mol. The van der Waals surface area contributed by atoms with Crippen LogP contribution in [-0.4, -0.2) is 24.4 Å². The van der Waals surface area contributed by atoms with E-state index in [0.717, 1.165) is 5.56 Å². The molecule has 2 rings (SSSR count). The summed E-state index contributed by atoms with van der Waals surface area (Å²) >= 11 is 1.59. The van der Waals surface area contributed by atoms with Crippen LogP contribution in [0.3, 0.4) is 0 Å². The van der Waals surface area contributed by atoms with Gasteiger partial charge in [-0.1, -0.05) is 13.8 Å². The molecule has 116 valence electrons. The van der Waals surface area contributed by atoms with Gasteiger partial charge in [0, 0.05) is 17.4 Å². The van der Waals surface area contributed by atoms with Gasteiger partial charge in [-0.2, -0.15) is 11.3 Å². The number of thiophene rings is 1. The van der Waals surface area contributed by atoms with E-state index < -0.39 is 6.29 Å². The van der Waals surface area contributed by atoms with E-state index in [9.17, 15) is 10.1 Å². The zero-order chi connectivity index (χ0) is 15.4. The molecule has 21 heavy (non-hydrogen) atoms. The molecular formula is C15H21NO4S. The molecule has 0 amide bonds. The Morgan fingerprint density at radius 1 is 1.57 bits per heavy atom. The van der Waals surface area contributed by atoms with Crippen LogP contribution in [0.25, 0.3) is 6.08 Å². The summed E-state index contributed by atoms with van der Waals surface area (Å²) in [7, 11) is 0. The zero-order valence-electron chi connectivity index (χ0n) is 12.5. The molecule has 3 atom stereocenters. The van der Waals surface area contributed by atoms with Gasteiger partial charge in [0.15, 0.2) is 0 Å². The van der Waals surface area contributed by atoms with Gasteiger partial charge >= 0.3 is 0 Å². The van der Waals surface area contributed by atoms with Crippen molar-refractivity contribution >= 4 is 17.4 Å². The second kappa shape index (κ2) is 7.04. The lowest BCUT2D eigenvalue weighted by Crippen LogP contribution is -2.31. The van der Waals surface area contributed by atoms with Crippen LogP contribution in [0.5, 0.6) is 0 Å². The van der Waals surface area contributed by atoms with E-state index >= 15 is 0 Å². The molecule has 1 aromatic rings. The molecule has 0 radical (unpaired) electrons. The quantitative estimate of drug-likeness (QED) is 0.594. The third-order valence-electron chi connectivity index (χ3n) is 3.70. The SMILES string of the molecule is CCO[C@@H]1O/C(=C\c2ccsc2)[C@@H](C[N+](=O)[O-])[C@H]1C(C)C. The van der Waals surface area contributed by atoms with Crippen molar-refractivity contribution in [2.45, 2.75) is 27.1 Å². The maximum absolute atomic E-state index is 11.0. The van der Waals surface area contributed by atoms with Crippen molar-refractivity contribution in [1.29, 1.82) is 0 Å². The first-order valence-corrected chi connectivity index (χ1v) is 8.11. The fraction of sp³-hybridized carbons (Fsp3) is 0.600. The van der Waals surface area contributed by atoms with Gasteiger partial charge in [-0.05, 0) is 41.3 Å². The summed E-state index contributed by atoms with van der Waals surface area (Å²) in [5, 5.41) is 15.0. The van der Waals surface area contributed by atoms with Gasteiger partial charge in [0.1, 0.15) is 5.76 Å². The van der Waals surface area contributed by atoms with E-state index in [1.807, 2.05) is 29.8 Å². The first-order valence-electron chi connectivity index (χ1n) is 7.16. The van der Waals surface area contributed by atoms with Crippen LogP contribution < -0.4 is 0 Å². The zero-order valence-corrected chi connectivity index (χ0v) is 13.3. The van der Waals surface area contributed by atoms with Crippen molar-refractivity contribution in [2.24, 2.45) is 17.8 Å². The lowest BCUT2D eigenvalue weighted by molar-refractivity contribution is -0.488. The molecule has 5 nitrogen and oxygen atoms in total. The largest absolute Gasteiger partial charge is 0.468 e. The molecule has 0 unspecified atom stereocenters. The van der Waals surface area contributed by atoms with Crippen LogP contribution in [0.1, 0.15) is 26.3 Å². The third kappa shape index (κ3) is 3.83. The Morgan fingerprint density at radius 2 is 2.33 bits per heavy atom. The minimum absolute atomic E-state index is 0.000218. The van der Waals surface area contributed by atoms with Gasteiger partial charge < -0.3 is 9.47 Å². The lowest BCUT2D eigenvalue weighted by Gasteiger charge is -2.23. The number of rotatable bonds is 6. The first-order chi connectivity index (χ1) is 10.0. The number of hydrogen-bond donors (Lipinski definition) is 0. The molecule has 1 fully saturated rings. The molecule has 1 aliphatic heterocycles. The molecule has 1 aromatic heterocycles. The van der Waals surface area contributed by atoms with E-state index in [1.165, 1.54) is 0 Å². The molecular weight excluding hydrogens is 290 g/mol. The standard InChI is InChI=1S/C15H21NO4S/c1-4-19-15-14(10(2)3)12(8-16(17)18)13(20-15)7-11-5-6-21-9-11/h5-7,9-10,12,14-15H,4,8H2,1-3H3/b13-7-/t12-,14-,15-/m1/s1. The fourth-order valence-electron chi connectivity index (χ4n) is 2.80. The summed E-state index contributed by atoms with van der Waals surface area (Å²) in [6.45, 7) is 6.43. The molecule has 6 heteroatoms. The van der Waals surface area contributed by atoms with Crippen molar-refractivity contribution in [1.82, 2.24) is 0 Å². The predicted octanol–water partition coefficient (Wildman–Crippen LogP) is 3.65. The molecule has 0 spiro atoms. The number of nitrogens with zero attached hydrogens (tertiary/aromatic N) is 1. The van der Waals surface area contributed by atoms with E-state index in [2.05, 4.69) is 13.8 Å². The Kier molecular flexibility index (Phi) is 5.36. The summed E-state index contributed by atoms with van der Waals surface area (Å²) in [4.78, 5) is 10.8. The highest BCUT2D eigenvalue weighted by molar-refractivity contribution is 7.08. The average Bonchev–Trinajstić information content (AvgIpc) is 2.99. The Balaban J connectivity index is 2.31. The normalized spacial score (nSPS) is 27.2. The van der Waals surface area contributed by atoms with Gasteiger partial charge in [0.2, 0.25) is 12.8 Å². The Morgan fingerprint density at radius 3 is 2.86 bits per heavy atom. The minimum Gasteiger partial charge on any atom is -0.468 e. The van der Waals surface area contributed by atoms with Gasteiger partial charge in [-0.3, -0.25) is 10.1 Å². The highest BCUT2D eigenvalue weighted by atomic mass is 32.1. The second-order valence-electron chi connectivity index (χ2n) is 5.49. The summed E-state index contributed by atoms with van der Waals surface area (Å²) in [6, 6.07) is 1.97. The molecule has 0 N–H and O–H groups in total. The van der Waals surface area contributed by atoms with Crippen molar-refractivity contribution in [3.8, 4) is 0 Å². The van der Waals surface area contributed by atoms with E-state index in [1.54, 1.807) is 11.3 Å². The van der Waals surface area contributed by atoms with Crippen LogP contribution in [0.15, 0.2) is 22.6 Å². The highest BCUT2D eigenvalue weighted by Crippen LogP contribution is 2.41. The van der Waals surface area contributed by atoms with E-state index in [0.29, 0.717) is 12.4 Å². The molecule has 0 aromatic carbocycles. The van der Waals surface area contributed by atoms with Gasteiger partial charge in [0.05, 0.1) is 5.92 Å². The summed E-state index contributed by atoms with van der Waals surface area (Å²) in [5.74, 6) is 0.679. The molecule has 0 saturated carbocycles. The van der Waals surface area contributed by atoms with E-state index in [-0.39, 0.29) is 29.2 Å². The Hall–Kier alpha value is -1.40. The van der Waals surface area contributed by atoms with E-state index in [4.69, 9.17) is 9.47 Å². The van der Waals surface area contributed by atoms with Gasteiger partial charge in [-0.15, -0.1) is 0 Å². The highest BCUT2D eigenvalue weighted by Gasteiger charge is 2.46. The Bertz CT molecular complexity index is 498. The Labute approximate surface area is 128 Å². The molecule has 2 heterocycles. The van der Waals surface area contributed by atoms with Crippen LogP contribution >= 0.6 is 11.3 Å². The van der Waals surface area contributed by atoms with Crippen LogP contribution in [0.2, 0.25) is 0 Å². The fourth-order valence-corrected chi connectivity index (χ4v) is 3.42. The van der Waals surface area contributed by atoms with Crippen molar-refractivity contribution in [3.05, 3.63) is 38.3 Å². The molecule has 1 saturated heterocycles. The maximum atomic E-state index is 11.0. The molecule has 0 aliphatic carbocycles. The van der Waals surface area contributed by atoms with Crippen LogP contribution in [0, 0.1) is 27.9 Å². The van der Waals surface area contributed by atoms with Crippen LogP contribution in [0.4, 0.5) is 0 Å². The monoisotopic (exact) mass is 311 g/mol. The molecule has 1 aliphatic rings. The van der Waals surface area contributed by atoms with Gasteiger partial charge in [-0.25, -0.2) is 0 Å². The number of hydrogen-bond acceptors (Lipinski definition) is 5. The second-order valence-corrected chi connectivity index (χ2v) is 6.27. The van der Waals surface area contributed by atoms with Crippen molar-refractivity contribution < 1.29 is 14.4 Å². The van der Waals surface area contributed by atoms with Crippen molar-refractivity contribution in [3.63, 3.8) is 0 Å². The topological polar surface area (TPSA) is 61.6 Å². The minimum atomic E-state index is -0.398.